The van der Waals surface area contributed by atoms with Gasteiger partial charge in [0.25, 0.3) is 5.91 Å². The lowest BCUT2D eigenvalue weighted by atomic mass is 10.1. The van der Waals surface area contributed by atoms with E-state index < -0.39 is 0 Å². The maximum absolute atomic E-state index is 13.0. The summed E-state index contributed by atoms with van der Waals surface area (Å²) < 4.78 is 3.88. The molecular formula is C22H22N6O. The van der Waals surface area contributed by atoms with Crippen molar-refractivity contribution < 1.29 is 4.79 Å². The van der Waals surface area contributed by atoms with Gasteiger partial charge in [-0.25, -0.2) is 14.6 Å². The van der Waals surface area contributed by atoms with E-state index in [0.717, 1.165) is 29.1 Å². The summed E-state index contributed by atoms with van der Waals surface area (Å²) >= 11 is 0. The van der Waals surface area contributed by atoms with Gasteiger partial charge >= 0.3 is 0 Å². The third kappa shape index (κ3) is 3.40. The van der Waals surface area contributed by atoms with Crippen molar-refractivity contribution in [3.05, 3.63) is 77.6 Å². The van der Waals surface area contributed by atoms with Crippen molar-refractivity contribution in [2.75, 3.05) is 13.1 Å². The molecule has 7 heteroatoms. The average Bonchev–Trinajstić information content (AvgIpc) is 3.25. The van der Waals surface area contributed by atoms with Gasteiger partial charge in [-0.05, 0) is 23.8 Å². The molecule has 5 rings (SSSR count). The van der Waals surface area contributed by atoms with Crippen LogP contribution in [0.5, 0.6) is 0 Å². The second-order valence-electron chi connectivity index (χ2n) is 7.41. The van der Waals surface area contributed by atoms with E-state index in [-0.39, 0.29) is 5.91 Å². The number of rotatable bonds is 3. The molecule has 1 aliphatic rings. The predicted molar refractivity (Wildman–Crippen MR) is 110 cm³/mol. The minimum Gasteiger partial charge on any atom is -0.336 e. The maximum atomic E-state index is 13.0. The van der Waals surface area contributed by atoms with Crippen LogP contribution in [0.1, 0.15) is 27.7 Å². The SMILES string of the molecule is Cn1ccc2ccc(C(=O)N3CCc4nc(Cc5ccccc5)nn4CC3)nc21. The van der Waals surface area contributed by atoms with E-state index in [1.807, 2.05) is 63.8 Å². The summed E-state index contributed by atoms with van der Waals surface area (Å²) in [5, 5.41) is 5.70. The molecule has 1 amide bonds. The molecule has 29 heavy (non-hydrogen) atoms. The van der Waals surface area contributed by atoms with Gasteiger partial charge in [0.2, 0.25) is 0 Å². The monoisotopic (exact) mass is 386 g/mol. The van der Waals surface area contributed by atoms with Crippen LogP contribution in [-0.2, 0) is 26.4 Å². The number of pyridine rings is 1. The van der Waals surface area contributed by atoms with Gasteiger partial charge < -0.3 is 9.47 Å². The number of aryl methyl sites for hydroxylation is 1. The lowest BCUT2D eigenvalue weighted by Crippen LogP contribution is -2.34. The van der Waals surface area contributed by atoms with E-state index in [0.29, 0.717) is 31.7 Å². The number of aromatic nitrogens is 5. The number of carbonyl (C=O) groups excluding carboxylic acids is 1. The van der Waals surface area contributed by atoms with Gasteiger partial charge in [-0.3, -0.25) is 4.79 Å². The fraction of sp³-hybridized carbons (Fsp3) is 0.273. The molecule has 0 saturated carbocycles. The highest BCUT2D eigenvalue weighted by Crippen LogP contribution is 2.16. The predicted octanol–water partition coefficient (Wildman–Crippen LogP) is 2.45. The fourth-order valence-corrected chi connectivity index (χ4v) is 3.82. The van der Waals surface area contributed by atoms with Crippen LogP contribution in [0.25, 0.3) is 11.0 Å². The first-order valence-electron chi connectivity index (χ1n) is 9.85. The first-order valence-corrected chi connectivity index (χ1v) is 9.85. The molecular weight excluding hydrogens is 364 g/mol. The zero-order valence-corrected chi connectivity index (χ0v) is 16.3. The van der Waals surface area contributed by atoms with Crippen LogP contribution in [0.2, 0.25) is 0 Å². The molecule has 4 heterocycles. The van der Waals surface area contributed by atoms with Gasteiger partial charge in [0, 0.05) is 44.6 Å². The van der Waals surface area contributed by atoms with E-state index in [2.05, 4.69) is 22.2 Å². The van der Waals surface area contributed by atoms with Crippen LogP contribution in [0.3, 0.4) is 0 Å². The summed E-state index contributed by atoms with van der Waals surface area (Å²) in [6.45, 7) is 1.87. The number of fused-ring (bicyclic) bond motifs is 2. The highest BCUT2D eigenvalue weighted by Gasteiger charge is 2.23. The van der Waals surface area contributed by atoms with Crippen LogP contribution in [0, 0.1) is 0 Å². The Morgan fingerprint density at radius 3 is 2.72 bits per heavy atom. The lowest BCUT2D eigenvalue weighted by Gasteiger charge is -2.19. The average molecular weight is 386 g/mol. The van der Waals surface area contributed by atoms with Gasteiger partial charge in [0.05, 0.1) is 6.54 Å². The van der Waals surface area contributed by atoms with Crippen LogP contribution in [-0.4, -0.2) is 48.2 Å². The lowest BCUT2D eigenvalue weighted by molar-refractivity contribution is 0.0752. The van der Waals surface area contributed by atoms with Crippen molar-refractivity contribution in [3.63, 3.8) is 0 Å². The fourth-order valence-electron chi connectivity index (χ4n) is 3.82. The topological polar surface area (TPSA) is 68.8 Å². The van der Waals surface area contributed by atoms with E-state index in [4.69, 9.17) is 4.98 Å². The Kier molecular flexibility index (Phi) is 4.35. The molecule has 0 aliphatic carbocycles. The molecule has 7 nitrogen and oxygen atoms in total. The second-order valence-corrected chi connectivity index (χ2v) is 7.41. The first kappa shape index (κ1) is 17.6. The molecule has 0 fully saturated rings. The van der Waals surface area contributed by atoms with Crippen LogP contribution >= 0.6 is 0 Å². The zero-order valence-electron chi connectivity index (χ0n) is 16.3. The number of amides is 1. The molecule has 0 bridgehead atoms. The number of hydrogen-bond donors (Lipinski definition) is 0. The third-order valence-electron chi connectivity index (χ3n) is 5.41. The smallest absolute Gasteiger partial charge is 0.272 e. The first-order chi connectivity index (χ1) is 14.2. The van der Waals surface area contributed by atoms with Gasteiger partial charge in [-0.1, -0.05) is 30.3 Å². The van der Waals surface area contributed by atoms with Crippen LogP contribution < -0.4 is 0 Å². The number of benzene rings is 1. The summed E-state index contributed by atoms with van der Waals surface area (Å²) in [5.41, 5.74) is 2.51. The molecule has 0 atom stereocenters. The Labute approximate surface area is 168 Å². The van der Waals surface area contributed by atoms with E-state index in [1.165, 1.54) is 5.56 Å². The number of nitrogens with zero attached hydrogens (tertiary/aromatic N) is 6. The summed E-state index contributed by atoms with van der Waals surface area (Å²) in [7, 11) is 1.94. The molecule has 146 valence electrons. The molecule has 4 aromatic rings. The van der Waals surface area contributed by atoms with Crippen molar-refractivity contribution in [3.8, 4) is 0 Å². The van der Waals surface area contributed by atoms with Gasteiger partial charge in [-0.15, -0.1) is 0 Å². The van der Waals surface area contributed by atoms with Gasteiger partial charge in [-0.2, -0.15) is 5.10 Å². The largest absolute Gasteiger partial charge is 0.336 e. The number of carbonyl (C=O) groups is 1. The molecule has 1 aliphatic heterocycles. The molecule has 0 spiro atoms. The van der Waals surface area contributed by atoms with Crippen molar-refractivity contribution >= 4 is 16.9 Å². The minimum absolute atomic E-state index is 0.0386. The third-order valence-corrected chi connectivity index (χ3v) is 5.41. The van der Waals surface area contributed by atoms with E-state index in [9.17, 15) is 4.79 Å². The molecule has 0 unspecified atom stereocenters. The summed E-state index contributed by atoms with van der Waals surface area (Å²) in [6, 6.07) is 16.0. The van der Waals surface area contributed by atoms with Gasteiger partial charge in [0.15, 0.2) is 5.82 Å². The molecule has 0 saturated heterocycles. The van der Waals surface area contributed by atoms with Crippen molar-refractivity contribution in [2.45, 2.75) is 19.4 Å². The van der Waals surface area contributed by atoms with Crippen molar-refractivity contribution in [1.82, 2.24) is 29.2 Å². The van der Waals surface area contributed by atoms with E-state index >= 15 is 0 Å². The molecule has 3 aromatic heterocycles. The Balaban J connectivity index is 1.30. The normalized spacial score (nSPS) is 14.0. The molecule has 0 radical (unpaired) electrons. The second kappa shape index (κ2) is 7.16. The Hall–Kier alpha value is -3.48. The van der Waals surface area contributed by atoms with Gasteiger partial charge in [0.1, 0.15) is 17.2 Å². The highest BCUT2D eigenvalue weighted by molar-refractivity contribution is 5.94. The minimum atomic E-state index is -0.0386. The summed E-state index contributed by atoms with van der Waals surface area (Å²) in [5.74, 6) is 1.74. The molecule has 0 N–H and O–H groups in total. The van der Waals surface area contributed by atoms with Crippen molar-refractivity contribution in [1.29, 1.82) is 0 Å². The van der Waals surface area contributed by atoms with Crippen molar-refractivity contribution in [2.24, 2.45) is 7.05 Å². The highest BCUT2D eigenvalue weighted by atomic mass is 16.2. The number of hydrogen-bond acceptors (Lipinski definition) is 4. The Morgan fingerprint density at radius 2 is 1.86 bits per heavy atom. The maximum Gasteiger partial charge on any atom is 0.272 e. The van der Waals surface area contributed by atoms with Crippen LogP contribution in [0.15, 0.2) is 54.7 Å². The van der Waals surface area contributed by atoms with E-state index in [1.54, 1.807) is 0 Å². The van der Waals surface area contributed by atoms with Crippen LogP contribution in [0.4, 0.5) is 0 Å². The zero-order chi connectivity index (χ0) is 19.8. The standard InChI is InChI=1S/C22H22N6O/c1-26-11-9-17-7-8-18(23-21(17)26)22(29)27-12-10-20-24-19(25-28(20)14-13-27)15-16-5-3-2-4-6-16/h2-9,11H,10,12-15H2,1H3. The summed E-state index contributed by atoms with van der Waals surface area (Å²) in [6.07, 6.45) is 3.37. The molecule has 1 aromatic carbocycles. The Morgan fingerprint density at radius 1 is 1.00 bits per heavy atom. The summed E-state index contributed by atoms with van der Waals surface area (Å²) in [4.78, 5) is 24.2. The Bertz CT molecular complexity index is 1150. The quantitative estimate of drug-likeness (QED) is 0.542.